The van der Waals surface area contributed by atoms with Gasteiger partial charge in [-0.3, -0.25) is 9.59 Å². The molecular formula is C21H25N3O3S. The van der Waals surface area contributed by atoms with E-state index in [1.54, 1.807) is 19.5 Å². The summed E-state index contributed by atoms with van der Waals surface area (Å²) >= 11 is 1.54. The highest BCUT2D eigenvalue weighted by Gasteiger charge is 2.60. The van der Waals surface area contributed by atoms with Crippen molar-refractivity contribution in [2.75, 3.05) is 7.11 Å². The van der Waals surface area contributed by atoms with Gasteiger partial charge >= 0.3 is 0 Å². The number of amides is 2. The van der Waals surface area contributed by atoms with Crippen molar-refractivity contribution in [3.63, 3.8) is 0 Å². The maximum Gasteiger partial charge on any atom is 0.229 e. The fourth-order valence-electron chi connectivity index (χ4n) is 5.02. The van der Waals surface area contributed by atoms with Gasteiger partial charge in [0.2, 0.25) is 11.8 Å². The number of rotatable bonds is 6. The van der Waals surface area contributed by atoms with Crippen LogP contribution in [0.1, 0.15) is 37.4 Å². The summed E-state index contributed by atoms with van der Waals surface area (Å²) in [5, 5.41) is 5.13. The van der Waals surface area contributed by atoms with Crippen LogP contribution in [-0.2, 0) is 22.6 Å². The van der Waals surface area contributed by atoms with Crippen LogP contribution < -0.4 is 10.1 Å². The number of nitrogens with one attached hydrogen (secondary N) is 1. The average molecular weight is 400 g/mol. The molecule has 7 heteroatoms. The third-order valence-corrected chi connectivity index (χ3v) is 6.80. The number of carbonyl (C=O) groups is 2. The minimum Gasteiger partial charge on any atom is -0.496 e. The Kier molecular flexibility index (Phi) is 5.10. The fraction of sp³-hybridized carbons (Fsp3) is 0.476. The fourth-order valence-corrected chi connectivity index (χ4v) is 5.58. The average Bonchev–Trinajstić information content (AvgIpc) is 3.42. The quantitative estimate of drug-likeness (QED) is 0.811. The lowest BCUT2D eigenvalue weighted by Gasteiger charge is -2.35. The van der Waals surface area contributed by atoms with E-state index >= 15 is 0 Å². The maximum absolute atomic E-state index is 13.5. The molecule has 1 aromatic heterocycles. The first-order chi connectivity index (χ1) is 13.5. The summed E-state index contributed by atoms with van der Waals surface area (Å²) in [5.74, 6) is 0.824. The minimum atomic E-state index is -0.620. The summed E-state index contributed by atoms with van der Waals surface area (Å²) in [7, 11) is 1.63. The van der Waals surface area contributed by atoms with Gasteiger partial charge in [0.05, 0.1) is 23.7 Å². The van der Waals surface area contributed by atoms with E-state index in [0.29, 0.717) is 19.4 Å². The van der Waals surface area contributed by atoms with E-state index in [1.807, 2.05) is 34.5 Å². The summed E-state index contributed by atoms with van der Waals surface area (Å²) in [6.45, 7) is 2.01. The summed E-state index contributed by atoms with van der Waals surface area (Å²) in [5.41, 5.74) is 3.04. The molecule has 0 spiro atoms. The number of nitrogens with zero attached hydrogens (tertiary/aromatic N) is 2. The number of hydrogen-bond acceptors (Lipinski definition) is 5. The largest absolute Gasteiger partial charge is 0.496 e. The zero-order valence-corrected chi connectivity index (χ0v) is 17.0. The molecule has 3 heterocycles. The molecule has 6 nitrogen and oxygen atoms in total. The number of fused-ring (bicyclic) bond motifs is 2. The van der Waals surface area contributed by atoms with Crippen LogP contribution >= 0.6 is 11.3 Å². The highest BCUT2D eigenvalue weighted by molar-refractivity contribution is 7.07. The van der Waals surface area contributed by atoms with Crippen LogP contribution in [0.2, 0.25) is 0 Å². The maximum atomic E-state index is 13.5. The van der Waals surface area contributed by atoms with Gasteiger partial charge in [0.15, 0.2) is 0 Å². The second kappa shape index (κ2) is 7.54. The van der Waals surface area contributed by atoms with Gasteiger partial charge in [0.1, 0.15) is 5.75 Å². The normalized spacial score (nSPS) is 25.7. The molecule has 2 aliphatic rings. The SMILES string of the molecule is COc1ccccc1CNC(=O)[C@@]1(Cc2cscn2)C[C@H]2CC[C@@H]1N2C(C)=O. The van der Waals surface area contributed by atoms with Gasteiger partial charge in [-0.25, -0.2) is 4.98 Å². The number of benzene rings is 1. The first-order valence-electron chi connectivity index (χ1n) is 9.61. The molecular weight excluding hydrogens is 374 g/mol. The Hall–Kier alpha value is -2.41. The predicted molar refractivity (Wildman–Crippen MR) is 107 cm³/mol. The number of hydrogen-bond donors (Lipinski definition) is 1. The van der Waals surface area contributed by atoms with Gasteiger partial charge in [-0.1, -0.05) is 18.2 Å². The smallest absolute Gasteiger partial charge is 0.229 e. The zero-order valence-electron chi connectivity index (χ0n) is 16.2. The van der Waals surface area contributed by atoms with Crippen LogP contribution in [0, 0.1) is 5.41 Å². The molecule has 2 aromatic rings. The van der Waals surface area contributed by atoms with E-state index < -0.39 is 5.41 Å². The lowest BCUT2D eigenvalue weighted by atomic mass is 9.70. The zero-order chi connectivity index (χ0) is 19.7. The summed E-state index contributed by atoms with van der Waals surface area (Å²) < 4.78 is 5.40. The molecule has 0 aliphatic carbocycles. The molecule has 2 aliphatic heterocycles. The molecule has 2 bridgehead atoms. The molecule has 2 fully saturated rings. The van der Waals surface area contributed by atoms with E-state index in [9.17, 15) is 9.59 Å². The Morgan fingerprint density at radius 2 is 2.18 bits per heavy atom. The van der Waals surface area contributed by atoms with Crippen LogP contribution in [0.25, 0.3) is 0 Å². The first kappa shape index (κ1) is 18.9. The Balaban J connectivity index is 1.59. The third-order valence-electron chi connectivity index (χ3n) is 6.17. The monoisotopic (exact) mass is 399 g/mol. The van der Waals surface area contributed by atoms with Gasteiger partial charge in [-0.2, -0.15) is 0 Å². The van der Waals surface area contributed by atoms with Crippen molar-refractivity contribution >= 4 is 23.2 Å². The van der Waals surface area contributed by atoms with Crippen LogP contribution in [0.3, 0.4) is 0 Å². The molecule has 1 N–H and O–H groups in total. The highest BCUT2D eigenvalue weighted by Crippen LogP contribution is 2.51. The summed E-state index contributed by atoms with van der Waals surface area (Å²) in [4.78, 5) is 32.1. The molecule has 0 radical (unpaired) electrons. The van der Waals surface area contributed by atoms with Gasteiger partial charge in [-0.05, 0) is 25.3 Å². The number of methoxy groups -OCH3 is 1. The van der Waals surface area contributed by atoms with E-state index in [-0.39, 0.29) is 23.9 Å². The summed E-state index contributed by atoms with van der Waals surface area (Å²) in [6, 6.07) is 7.78. The van der Waals surface area contributed by atoms with Gasteiger partial charge in [0.25, 0.3) is 0 Å². The highest BCUT2D eigenvalue weighted by atomic mass is 32.1. The molecule has 28 heavy (non-hydrogen) atoms. The van der Waals surface area contributed by atoms with Crippen molar-refractivity contribution in [1.29, 1.82) is 0 Å². The molecule has 2 amide bonds. The van der Waals surface area contributed by atoms with Crippen LogP contribution in [0.4, 0.5) is 0 Å². The Morgan fingerprint density at radius 3 is 2.86 bits per heavy atom. The van der Waals surface area contributed by atoms with Crippen molar-refractivity contribution in [3.8, 4) is 5.75 Å². The first-order valence-corrected chi connectivity index (χ1v) is 10.6. The van der Waals surface area contributed by atoms with Crippen molar-refractivity contribution in [3.05, 3.63) is 46.4 Å². The Bertz CT molecular complexity index is 870. The number of thiazole rings is 1. The molecule has 0 saturated carbocycles. The number of carbonyl (C=O) groups excluding carboxylic acids is 2. The van der Waals surface area contributed by atoms with Gasteiger partial charge in [-0.15, -0.1) is 11.3 Å². The van der Waals surface area contributed by atoms with Crippen molar-refractivity contribution < 1.29 is 14.3 Å². The topological polar surface area (TPSA) is 71.5 Å². The Morgan fingerprint density at radius 1 is 1.36 bits per heavy atom. The summed E-state index contributed by atoms with van der Waals surface area (Å²) in [6.07, 6.45) is 3.12. The van der Waals surface area contributed by atoms with E-state index in [2.05, 4.69) is 10.3 Å². The van der Waals surface area contributed by atoms with Crippen LogP contribution in [0.5, 0.6) is 5.75 Å². The van der Waals surface area contributed by atoms with Crippen molar-refractivity contribution in [1.82, 2.24) is 15.2 Å². The molecule has 4 rings (SSSR count). The van der Waals surface area contributed by atoms with E-state index in [0.717, 1.165) is 29.8 Å². The molecule has 148 valence electrons. The van der Waals surface area contributed by atoms with Crippen LogP contribution in [-0.4, -0.2) is 40.9 Å². The van der Waals surface area contributed by atoms with E-state index in [1.165, 1.54) is 11.3 Å². The number of aromatic nitrogens is 1. The Labute approximate surface area is 168 Å². The molecule has 2 saturated heterocycles. The second-order valence-electron chi connectivity index (χ2n) is 7.68. The molecule has 3 atom stereocenters. The third kappa shape index (κ3) is 3.17. The molecule has 1 aromatic carbocycles. The number of para-hydroxylation sites is 1. The van der Waals surface area contributed by atoms with Gasteiger partial charge in [0, 0.05) is 42.9 Å². The predicted octanol–water partition coefficient (Wildman–Crippen LogP) is 2.78. The molecule has 0 unspecified atom stereocenters. The van der Waals surface area contributed by atoms with E-state index in [4.69, 9.17) is 4.74 Å². The second-order valence-corrected chi connectivity index (χ2v) is 8.40. The van der Waals surface area contributed by atoms with Crippen LogP contribution in [0.15, 0.2) is 35.2 Å². The lowest BCUT2D eigenvalue weighted by molar-refractivity contribution is -0.135. The lowest BCUT2D eigenvalue weighted by Crippen LogP contribution is -2.51. The minimum absolute atomic E-state index is 0.00450. The number of ether oxygens (including phenoxy) is 1. The van der Waals surface area contributed by atoms with Crippen molar-refractivity contribution in [2.24, 2.45) is 5.41 Å². The standard InChI is InChI=1S/C21H25N3O3S/c1-14(25)24-17-7-8-19(24)21(10-17,9-16-12-28-13-23-16)20(26)22-11-15-5-3-4-6-18(15)27-2/h3-6,12-13,17,19H,7-11H2,1-2H3,(H,22,26)/t17-,19+,21+/m1/s1. The van der Waals surface area contributed by atoms with Crippen molar-refractivity contribution in [2.45, 2.75) is 51.2 Å². The van der Waals surface area contributed by atoms with Gasteiger partial charge < -0.3 is 15.0 Å².